The summed E-state index contributed by atoms with van der Waals surface area (Å²) in [7, 11) is 0. The van der Waals surface area contributed by atoms with E-state index in [9.17, 15) is 9.59 Å². The molecule has 0 aromatic carbocycles. The lowest BCUT2D eigenvalue weighted by Gasteiger charge is -2.30. The van der Waals surface area contributed by atoms with E-state index in [1.165, 1.54) is 6.92 Å². The Morgan fingerprint density at radius 3 is 2.69 bits per heavy atom. The molecule has 4 bridgehead atoms. The number of fused-ring (bicyclic) bond motifs is 1. The molecule has 0 spiro atoms. The van der Waals surface area contributed by atoms with Gasteiger partial charge in [-0.1, -0.05) is 13.8 Å². The molecule has 4 aliphatic carbocycles. The smallest absolute Gasteiger partial charge is 0.332 e. The maximum atomic E-state index is 13.5. The Labute approximate surface area is 165 Å². The second-order valence-corrected chi connectivity index (χ2v) is 7.99. The fraction of sp³-hybridized carbons (Fsp3) is 0.750. The highest BCUT2D eigenvalue weighted by Crippen LogP contribution is 2.65. The Bertz CT molecular complexity index is 1310. The second-order valence-electron chi connectivity index (χ2n) is 7.99. The first-order valence-electron chi connectivity index (χ1n) is 13.8. The summed E-state index contributed by atoms with van der Waals surface area (Å²) in [4.78, 5) is 34.5. The summed E-state index contributed by atoms with van der Waals surface area (Å²) in [5.41, 5.74) is -3.67. The van der Waals surface area contributed by atoms with Crippen molar-refractivity contribution in [2.45, 2.75) is 77.1 Å². The van der Waals surface area contributed by atoms with Gasteiger partial charge in [-0.2, -0.15) is 0 Å². The minimum Gasteiger partial charge on any atom is -0.336 e. The van der Waals surface area contributed by atoms with Crippen LogP contribution >= 0.6 is 0 Å². The molecule has 6 rings (SSSR count). The predicted octanol–water partition coefficient (Wildman–Crippen LogP) is 2.78. The van der Waals surface area contributed by atoms with E-state index in [1.54, 1.807) is 0 Å². The largest absolute Gasteiger partial charge is 0.336 e. The maximum Gasteiger partial charge on any atom is 0.332 e. The van der Waals surface area contributed by atoms with Gasteiger partial charge in [-0.05, 0) is 62.7 Å². The van der Waals surface area contributed by atoms with Crippen LogP contribution in [0.1, 0.15) is 76.8 Å². The zero-order valence-electron chi connectivity index (χ0n) is 23.6. The SMILES string of the molecule is [2H]C([2H])(CC)n1c(=O)n(C([2H])([2H])C([2H])([2H])C([2H])([2H])[2H])c(=O)c2[nH]c(C34CC5CC(CC3C5)C4)nc21. The van der Waals surface area contributed by atoms with E-state index in [0.29, 0.717) is 28.1 Å². The van der Waals surface area contributed by atoms with Gasteiger partial charge >= 0.3 is 5.69 Å². The van der Waals surface area contributed by atoms with Crippen LogP contribution in [0.5, 0.6) is 0 Å². The number of rotatable bonds is 5. The van der Waals surface area contributed by atoms with Crippen molar-refractivity contribution in [3.05, 3.63) is 26.7 Å². The normalized spacial score (nSPS) is 39.4. The highest BCUT2D eigenvalue weighted by molar-refractivity contribution is 5.70. The summed E-state index contributed by atoms with van der Waals surface area (Å²) >= 11 is 0. The number of nitrogens with one attached hydrogen (secondary N) is 1. The quantitative estimate of drug-likeness (QED) is 0.885. The molecule has 2 heterocycles. The average Bonchev–Trinajstić information content (AvgIpc) is 3.34. The van der Waals surface area contributed by atoms with Gasteiger partial charge in [0.05, 0.1) is 2.74 Å². The fourth-order valence-electron chi connectivity index (χ4n) is 5.94. The van der Waals surface area contributed by atoms with E-state index in [2.05, 4.69) is 9.97 Å². The zero-order valence-corrected chi connectivity index (χ0v) is 14.6. The van der Waals surface area contributed by atoms with Crippen molar-refractivity contribution in [3.63, 3.8) is 0 Å². The zero-order chi connectivity index (χ0) is 25.9. The molecule has 2 aromatic rings. The van der Waals surface area contributed by atoms with Crippen LogP contribution in [0, 0.1) is 17.8 Å². The number of hydrogen-bond acceptors (Lipinski definition) is 3. The molecule has 2 unspecified atom stereocenters. The summed E-state index contributed by atoms with van der Waals surface area (Å²) in [6, 6.07) is 0. The van der Waals surface area contributed by atoms with Crippen molar-refractivity contribution in [3.8, 4) is 0 Å². The Kier molecular flexibility index (Phi) is 2.01. The molecule has 0 radical (unpaired) electrons. The Morgan fingerprint density at radius 2 is 2.00 bits per heavy atom. The van der Waals surface area contributed by atoms with Crippen molar-refractivity contribution in [2.24, 2.45) is 17.8 Å². The van der Waals surface area contributed by atoms with Crippen LogP contribution in [0.3, 0.4) is 0 Å². The molecule has 26 heavy (non-hydrogen) atoms. The average molecular weight is 366 g/mol. The highest BCUT2D eigenvalue weighted by Gasteiger charge is 2.59. The Hall–Kier alpha value is -1.85. The van der Waals surface area contributed by atoms with Gasteiger partial charge in [0.25, 0.3) is 5.56 Å². The first-order chi connectivity index (χ1) is 16.0. The Morgan fingerprint density at radius 1 is 1.23 bits per heavy atom. The first-order valence-corrected chi connectivity index (χ1v) is 9.27. The molecule has 0 amide bonds. The third-order valence-electron chi connectivity index (χ3n) is 6.64. The van der Waals surface area contributed by atoms with Crippen LogP contribution in [0.4, 0.5) is 0 Å². The van der Waals surface area contributed by atoms with Gasteiger partial charge in [0, 0.05) is 28.0 Å². The second kappa shape index (κ2) is 5.57. The lowest BCUT2D eigenvalue weighted by atomic mass is 9.75. The van der Waals surface area contributed by atoms with E-state index < -0.39 is 37.5 Å². The topological polar surface area (TPSA) is 72.7 Å². The molecule has 4 saturated carbocycles. The summed E-state index contributed by atoms with van der Waals surface area (Å²) in [5.74, 6) is 1.91. The molecule has 2 aromatic heterocycles. The van der Waals surface area contributed by atoms with Crippen LogP contribution in [0.2, 0.25) is 0 Å². The summed E-state index contributed by atoms with van der Waals surface area (Å²) in [6.07, 6.45) is 1.13. The minimum absolute atomic E-state index is 0.104. The van der Waals surface area contributed by atoms with Gasteiger partial charge in [0.1, 0.15) is 11.3 Å². The van der Waals surface area contributed by atoms with Crippen LogP contribution in [-0.2, 0) is 18.4 Å². The molecule has 1 N–H and O–H groups in total. The van der Waals surface area contributed by atoms with Crippen LogP contribution in [-0.4, -0.2) is 19.1 Å². The fourth-order valence-corrected chi connectivity index (χ4v) is 5.94. The van der Waals surface area contributed by atoms with E-state index in [1.807, 2.05) is 0 Å². The summed E-state index contributed by atoms with van der Waals surface area (Å²) in [6.45, 7) is -8.05. The number of imidazole rings is 1. The standard InChI is InChI=1S/C20H28N4O2/c1-3-5-23-16-15(17(25)24(6-4-2)19(23)26)21-18(22-16)20-10-12-7-13(11-20)9-14(20)8-12/h12-14H,3-11H2,1-2H3,(H,21,22)/i2D3,4D2,5D2,6D2. The molecular weight excluding hydrogens is 328 g/mol. The number of aryl methyl sites for hydroxylation is 1. The van der Waals surface area contributed by atoms with Crippen molar-refractivity contribution in [1.29, 1.82) is 0 Å². The predicted molar refractivity (Wildman–Crippen MR) is 100 cm³/mol. The van der Waals surface area contributed by atoms with Gasteiger partial charge in [-0.15, -0.1) is 0 Å². The van der Waals surface area contributed by atoms with Gasteiger partial charge in [-0.3, -0.25) is 13.9 Å². The number of aromatic amines is 1. The highest BCUT2D eigenvalue weighted by atomic mass is 16.2. The van der Waals surface area contributed by atoms with Gasteiger partial charge in [0.2, 0.25) is 0 Å². The molecule has 0 aliphatic heterocycles. The van der Waals surface area contributed by atoms with Gasteiger partial charge in [0.15, 0.2) is 5.65 Å². The maximum absolute atomic E-state index is 13.5. The van der Waals surface area contributed by atoms with Gasteiger partial charge in [-0.25, -0.2) is 9.78 Å². The van der Waals surface area contributed by atoms with Gasteiger partial charge < -0.3 is 4.98 Å². The van der Waals surface area contributed by atoms with E-state index in [-0.39, 0.29) is 27.6 Å². The van der Waals surface area contributed by atoms with E-state index in [4.69, 9.17) is 12.3 Å². The lowest BCUT2D eigenvalue weighted by molar-refractivity contribution is 0.262. The van der Waals surface area contributed by atoms with Crippen molar-refractivity contribution in [2.75, 3.05) is 0 Å². The molecule has 6 heteroatoms. The number of aromatic nitrogens is 4. The monoisotopic (exact) mass is 365 g/mol. The van der Waals surface area contributed by atoms with Crippen LogP contribution in [0.15, 0.2) is 9.59 Å². The summed E-state index contributed by atoms with van der Waals surface area (Å²) in [5, 5.41) is 0. The minimum atomic E-state index is -3.63. The lowest BCUT2D eigenvalue weighted by Crippen LogP contribution is -2.40. The third kappa shape index (κ3) is 2.01. The molecule has 6 nitrogen and oxygen atoms in total. The van der Waals surface area contributed by atoms with Crippen LogP contribution in [0.25, 0.3) is 11.2 Å². The molecule has 4 fully saturated rings. The van der Waals surface area contributed by atoms with Crippen molar-refractivity contribution < 1.29 is 12.3 Å². The molecule has 140 valence electrons. The molecule has 4 aliphatic rings. The Balaban J connectivity index is 1.82. The number of hydrogen-bond donors (Lipinski definition) is 1. The first kappa shape index (κ1) is 9.38. The number of H-pyrrole nitrogens is 1. The van der Waals surface area contributed by atoms with Crippen LogP contribution < -0.4 is 11.2 Å². The molecule has 0 saturated heterocycles. The third-order valence-corrected chi connectivity index (χ3v) is 6.64. The van der Waals surface area contributed by atoms with Crippen molar-refractivity contribution >= 4 is 11.2 Å². The van der Waals surface area contributed by atoms with E-state index >= 15 is 0 Å². The molecular formula is C20H28N4O2. The molecule has 2 atom stereocenters. The van der Waals surface area contributed by atoms with Crippen molar-refractivity contribution in [1.82, 2.24) is 19.1 Å². The summed E-state index contributed by atoms with van der Waals surface area (Å²) < 4.78 is 72.2. The number of nitrogens with zero attached hydrogens (tertiary/aromatic N) is 3. The van der Waals surface area contributed by atoms with E-state index in [0.717, 1.165) is 32.1 Å².